The largest absolute Gasteiger partial charge is 0.474 e. The van der Waals surface area contributed by atoms with Crippen LogP contribution in [0.15, 0.2) is 23.3 Å². The third-order valence-electron chi connectivity index (χ3n) is 6.92. The molecule has 1 aromatic rings. The Kier molecular flexibility index (Phi) is 8.03. The van der Waals surface area contributed by atoms with E-state index in [1.165, 1.54) is 31.4 Å². The number of pyridine rings is 1. The Bertz CT molecular complexity index is 714. The molecule has 0 spiro atoms. The van der Waals surface area contributed by atoms with Crippen molar-refractivity contribution in [3.8, 4) is 5.88 Å². The Morgan fingerprint density at radius 2 is 2.00 bits per heavy atom. The van der Waals surface area contributed by atoms with Gasteiger partial charge in [0.05, 0.1) is 13.2 Å². The zero-order valence-corrected chi connectivity index (χ0v) is 19.3. The van der Waals surface area contributed by atoms with Gasteiger partial charge in [0, 0.05) is 58.6 Å². The fourth-order valence-corrected chi connectivity index (χ4v) is 4.98. The third kappa shape index (κ3) is 6.56. The van der Waals surface area contributed by atoms with Crippen molar-refractivity contribution >= 4 is 5.96 Å². The van der Waals surface area contributed by atoms with Crippen LogP contribution < -0.4 is 10.1 Å². The summed E-state index contributed by atoms with van der Waals surface area (Å²) in [4.78, 5) is 13.9. The number of guanidine groups is 1. The van der Waals surface area contributed by atoms with E-state index in [-0.39, 0.29) is 0 Å². The molecule has 0 aromatic carbocycles. The molecule has 2 aliphatic heterocycles. The second-order valence-corrected chi connectivity index (χ2v) is 9.42. The van der Waals surface area contributed by atoms with E-state index < -0.39 is 0 Å². The van der Waals surface area contributed by atoms with Crippen molar-refractivity contribution in [3.63, 3.8) is 0 Å². The van der Waals surface area contributed by atoms with Crippen LogP contribution in [0.1, 0.15) is 44.6 Å². The predicted molar refractivity (Wildman–Crippen MR) is 123 cm³/mol. The Hall–Kier alpha value is -1.86. The highest BCUT2D eigenvalue weighted by Gasteiger charge is 2.27. The number of ether oxygens (including phenoxy) is 2. The lowest BCUT2D eigenvalue weighted by Crippen LogP contribution is -2.42. The standard InChI is InChI=1S/C24H39N5O2/c1-19-3-5-22(6-4-19)31-23-15-20(7-9-26-23)16-27-24(25-2)29-10-8-21(18-29)17-28-11-13-30-14-12-28/h7,9,15,19,21-22H,3-6,8,10-14,16-18H2,1-2H3,(H,25,27). The highest BCUT2D eigenvalue weighted by molar-refractivity contribution is 5.80. The van der Waals surface area contributed by atoms with Crippen LogP contribution in [0.5, 0.6) is 5.88 Å². The molecule has 7 heteroatoms. The van der Waals surface area contributed by atoms with Gasteiger partial charge in [-0.05, 0) is 55.6 Å². The molecule has 1 N–H and O–H groups in total. The predicted octanol–water partition coefficient (Wildman–Crippen LogP) is 2.77. The van der Waals surface area contributed by atoms with Crippen molar-refractivity contribution in [2.45, 2.75) is 51.7 Å². The summed E-state index contributed by atoms with van der Waals surface area (Å²) in [6.07, 6.45) is 8.18. The SMILES string of the molecule is CN=C(NCc1ccnc(OC2CCC(C)CC2)c1)N1CCC(CN2CCOCC2)C1. The van der Waals surface area contributed by atoms with Crippen LogP contribution in [0.2, 0.25) is 0 Å². The molecule has 3 fully saturated rings. The van der Waals surface area contributed by atoms with Gasteiger partial charge in [-0.15, -0.1) is 0 Å². The highest BCUT2D eigenvalue weighted by atomic mass is 16.5. The zero-order chi connectivity index (χ0) is 21.5. The third-order valence-corrected chi connectivity index (χ3v) is 6.92. The molecule has 1 saturated carbocycles. The number of morpholine rings is 1. The van der Waals surface area contributed by atoms with Crippen molar-refractivity contribution in [3.05, 3.63) is 23.9 Å². The van der Waals surface area contributed by atoms with E-state index in [0.717, 1.165) is 76.5 Å². The minimum atomic E-state index is 0.313. The molecule has 1 aliphatic carbocycles. The molecule has 1 atom stereocenters. The van der Waals surface area contributed by atoms with Gasteiger partial charge in [-0.2, -0.15) is 0 Å². The molecule has 0 radical (unpaired) electrons. The summed E-state index contributed by atoms with van der Waals surface area (Å²) in [6.45, 7) is 10.2. The molecular weight excluding hydrogens is 390 g/mol. The average Bonchev–Trinajstić information content (AvgIpc) is 3.25. The van der Waals surface area contributed by atoms with Crippen LogP contribution in [-0.2, 0) is 11.3 Å². The van der Waals surface area contributed by atoms with Gasteiger partial charge in [0.25, 0.3) is 0 Å². The van der Waals surface area contributed by atoms with E-state index in [9.17, 15) is 0 Å². The van der Waals surface area contributed by atoms with Gasteiger partial charge in [-0.3, -0.25) is 9.89 Å². The fourth-order valence-electron chi connectivity index (χ4n) is 4.98. The summed E-state index contributed by atoms with van der Waals surface area (Å²) in [6, 6.07) is 4.13. The van der Waals surface area contributed by atoms with E-state index in [1.807, 2.05) is 13.2 Å². The number of hydrogen-bond acceptors (Lipinski definition) is 5. The Labute approximate surface area is 187 Å². The maximum atomic E-state index is 6.17. The molecule has 4 rings (SSSR count). The monoisotopic (exact) mass is 429 g/mol. The number of likely N-dealkylation sites (tertiary alicyclic amines) is 1. The first kappa shape index (κ1) is 22.3. The fraction of sp³-hybridized carbons (Fsp3) is 0.750. The van der Waals surface area contributed by atoms with Crippen LogP contribution in [-0.4, -0.2) is 79.8 Å². The molecule has 2 saturated heterocycles. The zero-order valence-electron chi connectivity index (χ0n) is 19.3. The number of aliphatic imine (C=N–C) groups is 1. The molecule has 3 heterocycles. The van der Waals surface area contributed by atoms with Crippen molar-refractivity contribution in [2.24, 2.45) is 16.8 Å². The summed E-state index contributed by atoms with van der Waals surface area (Å²) in [5.41, 5.74) is 1.18. The molecular formula is C24H39N5O2. The molecule has 0 bridgehead atoms. The van der Waals surface area contributed by atoms with Crippen molar-refractivity contribution < 1.29 is 9.47 Å². The van der Waals surface area contributed by atoms with E-state index >= 15 is 0 Å². The maximum absolute atomic E-state index is 6.17. The summed E-state index contributed by atoms with van der Waals surface area (Å²) in [5, 5.41) is 3.55. The first-order chi connectivity index (χ1) is 15.2. The molecule has 1 unspecified atom stereocenters. The second-order valence-electron chi connectivity index (χ2n) is 9.42. The first-order valence-corrected chi connectivity index (χ1v) is 12.1. The van der Waals surface area contributed by atoms with Gasteiger partial charge >= 0.3 is 0 Å². The average molecular weight is 430 g/mol. The number of nitrogens with one attached hydrogen (secondary N) is 1. The number of hydrogen-bond donors (Lipinski definition) is 1. The second kappa shape index (κ2) is 11.1. The van der Waals surface area contributed by atoms with Crippen LogP contribution >= 0.6 is 0 Å². The number of rotatable bonds is 6. The lowest BCUT2D eigenvalue weighted by Gasteiger charge is -2.29. The summed E-state index contributed by atoms with van der Waals surface area (Å²) in [5.74, 6) is 3.27. The summed E-state index contributed by atoms with van der Waals surface area (Å²) >= 11 is 0. The maximum Gasteiger partial charge on any atom is 0.213 e. The minimum absolute atomic E-state index is 0.313. The normalized spacial score (nSPS) is 28.0. The van der Waals surface area contributed by atoms with Gasteiger partial charge in [-0.1, -0.05) is 6.92 Å². The Morgan fingerprint density at radius 3 is 2.77 bits per heavy atom. The summed E-state index contributed by atoms with van der Waals surface area (Å²) < 4.78 is 11.6. The first-order valence-electron chi connectivity index (χ1n) is 12.1. The topological polar surface area (TPSA) is 62.2 Å². The van der Waals surface area contributed by atoms with Crippen molar-refractivity contribution in [2.75, 3.05) is 53.0 Å². The van der Waals surface area contributed by atoms with Gasteiger partial charge in [-0.25, -0.2) is 4.98 Å². The smallest absolute Gasteiger partial charge is 0.213 e. The van der Waals surface area contributed by atoms with Gasteiger partial charge in [0.2, 0.25) is 5.88 Å². The quantitative estimate of drug-likeness (QED) is 0.554. The Morgan fingerprint density at radius 1 is 1.19 bits per heavy atom. The van der Waals surface area contributed by atoms with E-state index in [0.29, 0.717) is 12.0 Å². The molecule has 7 nitrogen and oxygen atoms in total. The summed E-state index contributed by atoms with van der Waals surface area (Å²) in [7, 11) is 1.88. The molecule has 31 heavy (non-hydrogen) atoms. The van der Waals surface area contributed by atoms with Crippen LogP contribution in [0.3, 0.4) is 0 Å². The lowest BCUT2D eigenvalue weighted by molar-refractivity contribution is 0.0315. The molecule has 172 valence electrons. The van der Waals surface area contributed by atoms with Gasteiger partial charge in [0.15, 0.2) is 5.96 Å². The van der Waals surface area contributed by atoms with Crippen LogP contribution in [0.4, 0.5) is 0 Å². The van der Waals surface area contributed by atoms with Gasteiger partial charge in [0.1, 0.15) is 6.10 Å². The molecule has 3 aliphatic rings. The molecule has 1 aromatic heterocycles. The lowest BCUT2D eigenvalue weighted by atomic mass is 9.89. The van der Waals surface area contributed by atoms with E-state index in [1.54, 1.807) is 0 Å². The Balaban J connectivity index is 1.24. The van der Waals surface area contributed by atoms with Crippen molar-refractivity contribution in [1.82, 2.24) is 20.1 Å². The number of nitrogens with zero attached hydrogens (tertiary/aromatic N) is 4. The van der Waals surface area contributed by atoms with E-state index in [4.69, 9.17) is 9.47 Å². The van der Waals surface area contributed by atoms with Crippen LogP contribution in [0.25, 0.3) is 0 Å². The van der Waals surface area contributed by atoms with Gasteiger partial charge < -0.3 is 19.7 Å². The molecule has 0 amide bonds. The van der Waals surface area contributed by atoms with E-state index in [2.05, 4.69) is 44.1 Å². The van der Waals surface area contributed by atoms with Crippen LogP contribution in [0, 0.1) is 11.8 Å². The van der Waals surface area contributed by atoms with Crippen molar-refractivity contribution in [1.29, 1.82) is 0 Å². The number of aromatic nitrogens is 1. The highest BCUT2D eigenvalue weighted by Crippen LogP contribution is 2.26. The minimum Gasteiger partial charge on any atom is -0.474 e.